The van der Waals surface area contributed by atoms with Gasteiger partial charge in [-0.1, -0.05) is 12.1 Å². The molecule has 1 aromatic rings. The van der Waals surface area contributed by atoms with Gasteiger partial charge in [-0.3, -0.25) is 4.79 Å². The van der Waals surface area contributed by atoms with Gasteiger partial charge in [-0.2, -0.15) is 13.2 Å². The van der Waals surface area contributed by atoms with E-state index in [9.17, 15) is 23.1 Å². The number of methoxy groups -OCH3 is 1. The summed E-state index contributed by atoms with van der Waals surface area (Å²) in [6, 6.07) is 6.95. The van der Waals surface area contributed by atoms with Crippen molar-refractivity contribution in [1.29, 1.82) is 0 Å². The summed E-state index contributed by atoms with van der Waals surface area (Å²) in [6.07, 6.45) is -6.62. The highest BCUT2D eigenvalue weighted by atomic mass is 19.4. The Balaban J connectivity index is 1.93. The first-order chi connectivity index (χ1) is 10.8. The standard InChI is InChI=1S/C16H20F3NO3/c1-23-10-11-2-4-13(5-3-11)15(22)20-8-6-12(7-9-20)14(21)16(17,18)19/h2-5,12,14,21H,6-10H2,1H3. The van der Waals surface area contributed by atoms with Crippen LogP contribution < -0.4 is 0 Å². The lowest BCUT2D eigenvalue weighted by Crippen LogP contribution is -2.45. The van der Waals surface area contributed by atoms with Crippen molar-refractivity contribution < 1.29 is 27.8 Å². The van der Waals surface area contributed by atoms with Crippen LogP contribution in [0.25, 0.3) is 0 Å². The number of piperidine rings is 1. The van der Waals surface area contributed by atoms with Crippen LogP contribution in [0.15, 0.2) is 24.3 Å². The predicted molar refractivity (Wildman–Crippen MR) is 77.8 cm³/mol. The molecule has 23 heavy (non-hydrogen) atoms. The molecular formula is C16H20F3NO3. The van der Waals surface area contributed by atoms with Crippen molar-refractivity contribution in [2.24, 2.45) is 5.92 Å². The Kier molecular flexibility index (Phi) is 5.64. The van der Waals surface area contributed by atoms with Crippen molar-refractivity contribution in [3.8, 4) is 0 Å². The summed E-state index contributed by atoms with van der Waals surface area (Å²) in [4.78, 5) is 13.9. The zero-order chi connectivity index (χ0) is 17.0. The fraction of sp³-hybridized carbons (Fsp3) is 0.562. The Morgan fingerprint density at radius 1 is 1.30 bits per heavy atom. The molecule has 1 atom stereocenters. The number of hydrogen-bond donors (Lipinski definition) is 1. The number of hydrogen-bond acceptors (Lipinski definition) is 3. The van der Waals surface area contributed by atoms with Crippen LogP contribution in [0.2, 0.25) is 0 Å². The molecule has 1 amide bonds. The van der Waals surface area contributed by atoms with Gasteiger partial charge < -0.3 is 14.7 Å². The van der Waals surface area contributed by atoms with Crippen LogP contribution in [-0.2, 0) is 11.3 Å². The van der Waals surface area contributed by atoms with Crippen molar-refractivity contribution >= 4 is 5.91 Å². The van der Waals surface area contributed by atoms with Crippen LogP contribution in [0.4, 0.5) is 13.2 Å². The van der Waals surface area contributed by atoms with Crippen molar-refractivity contribution in [3.63, 3.8) is 0 Å². The number of rotatable bonds is 4. The number of carbonyl (C=O) groups is 1. The molecule has 1 aliphatic rings. The molecule has 0 aromatic heterocycles. The number of ether oxygens (including phenoxy) is 1. The van der Waals surface area contributed by atoms with Crippen LogP contribution >= 0.6 is 0 Å². The second-order valence-corrected chi connectivity index (χ2v) is 5.75. The molecule has 0 aliphatic carbocycles. The first-order valence-electron chi connectivity index (χ1n) is 7.45. The van der Waals surface area contributed by atoms with Crippen LogP contribution in [0.1, 0.15) is 28.8 Å². The fourth-order valence-electron chi connectivity index (χ4n) is 2.78. The molecule has 1 aliphatic heterocycles. The number of likely N-dealkylation sites (tertiary alicyclic amines) is 1. The summed E-state index contributed by atoms with van der Waals surface area (Å²) in [7, 11) is 1.58. The molecule has 2 rings (SSSR count). The molecule has 0 bridgehead atoms. The summed E-state index contributed by atoms with van der Waals surface area (Å²) >= 11 is 0. The van der Waals surface area contributed by atoms with E-state index < -0.39 is 18.2 Å². The second kappa shape index (κ2) is 7.31. The van der Waals surface area contributed by atoms with Gasteiger partial charge in [0, 0.05) is 25.8 Å². The van der Waals surface area contributed by atoms with Gasteiger partial charge in [-0.05, 0) is 36.5 Å². The van der Waals surface area contributed by atoms with E-state index in [4.69, 9.17) is 4.74 Å². The Morgan fingerprint density at radius 2 is 1.87 bits per heavy atom. The van der Waals surface area contributed by atoms with Gasteiger partial charge in [0.05, 0.1) is 6.61 Å². The smallest absolute Gasteiger partial charge is 0.383 e. The van der Waals surface area contributed by atoms with Gasteiger partial charge in [0.1, 0.15) is 0 Å². The highest BCUT2D eigenvalue weighted by Crippen LogP contribution is 2.31. The minimum absolute atomic E-state index is 0.147. The molecule has 4 nitrogen and oxygen atoms in total. The molecule has 1 unspecified atom stereocenters. The van der Waals surface area contributed by atoms with Gasteiger partial charge >= 0.3 is 6.18 Å². The van der Waals surface area contributed by atoms with E-state index in [0.717, 1.165) is 5.56 Å². The topological polar surface area (TPSA) is 49.8 Å². The predicted octanol–water partition coefficient (Wildman–Crippen LogP) is 2.61. The van der Waals surface area contributed by atoms with Crippen LogP contribution in [0.5, 0.6) is 0 Å². The van der Waals surface area contributed by atoms with Crippen molar-refractivity contribution in [2.45, 2.75) is 31.7 Å². The molecule has 7 heteroatoms. The minimum Gasteiger partial charge on any atom is -0.383 e. The maximum Gasteiger partial charge on any atom is 0.414 e. The molecule has 0 radical (unpaired) electrons. The molecule has 0 spiro atoms. The second-order valence-electron chi connectivity index (χ2n) is 5.75. The normalized spacial score (nSPS) is 18.0. The summed E-state index contributed by atoms with van der Waals surface area (Å²) in [5.74, 6) is -1.04. The van der Waals surface area contributed by atoms with Crippen molar-refractivity contribution in [1.82, 2.24) is 4.90 Å². The third kappa shape index (κ3) is 4.45. The van der Waals surface area contributed by atoms with E-state index in [0.29, 0.717) is 12.2 Å². The third-order valence-corrected chi connectivity index (χ3v) is 4.12. The maximum atomic E-state index is 12.5. The van der Waals surface area contributed by atoms with Gasteiger partial charge in [-0.15, -0.1) is 0 Å². The number of halogens is 3. The van der Waals surface area contributed by atoms with Gasteiger partial charge in [0.2, 0.25) is 0 Å². The Hall–Kier alpha value is -1.60. The number of nitrogens with zero attached hydrogens (tertiary/aromatic N) is 1. The van der Waals surface area contributed by atoms with E-state index in [-0.39, 0.29) is 31.8 Å². The number of aliphatic hydroxyl groups is 1. The van der Waals surface area contributed by atoms with E-state index >= 15 is 0 Å². The zero-order valence-corrected chi connectivity index (χ0v) is 12.8. The van der Waals surface area contributed by atoms with E-state index in [1.54, 1.807) is 31.4 Å². The lowest BCUT2D eigenvalue weighted by molar-refractivity contribution is -0.222. The maximum absolute atomic E-state index is 12.5. The molecular weight excluding hydrogens is 311 g/mol. The number of alkyl halides is 3. The summed E-state index contributed by atoms with van der Waals surface area (Å²) in [6.45, 7) is 0.891. The monoisotopic (exact) mass is 331 g/mol. The highest BCUT2D eigenvalue weighted by molar-refractivity contribution is 5.94. The molecule has 1 fully saturated rings. The van der Waals surface area contributed by atoms with Crippen LogP contribution in [0.3, 0.4) is 0 Å². The molecule has 1 saturated heterocycles. The molecule has 1 aromatic carbocycles. The van der Waals surface area contributed by atoms with Crippen LogP contribution in [-0.4, -0.2) is 48.4 Å². The first-order valence-corrected chi connectivity index (χ1v) is 7.45. The molecule has 1 N–H and O–H groups in total. The number of aliphatic hydroxyl groups excluding tert-OH is 1. The summed E-state index contributed by atoms with van der Waals surface area (Å²) in [5, 5.41) is 9.29. The Morgan fingerprint density at radius 3 is 2.35 bits per heavy atom. The molecule has 0 saturated carbocycles. The SMILES string of the molecule is COCc1ccc(C(=O)N2CCC(C(O)C(F)(F)F)CC2)cc1. The highest BCUT2D eigenvalue weighted by Gasteiger charge is 2.44. The van der Waals surface area contributed by atoms with E-state index in [2.05, 4.69) is 0 Å². The zero-order valence-electron chi connectivity index (χ0n) is 12.8. The third-order valence-electron chi connectivity index (χ3n) is 4.12. The quantitative estimate of drug-likeness (QED) is 0.923. The molecule has 128 valence electrons. The Bertz CT molecular complexity index is 522. The summed E-state index contributed by atoms with van der Waals surface area (Å²) in [5.41, 5.74) is 1.44. The van der Waals surface area contributed by atoms with Crippen molar-refractivity contribution in [2.75, 3.05) is 20.2 Å². The summed E-state index contributed by atoms with van der Waals surface area (Å²) < 4.78 is 42.5. The van der Waals surface area contributed by atoms with Crippen LogP contribution in [0, 0.1) is 5.92 Å². The lowest BCUT2D eigenvalue weighted by Gasteiger charge is -2.34. The van der Waals surface area contributed by atoms with E-state index in [1.165, 1.54) is 4.90 Å². The van der Waals surface area contributed by atoms with Crippen molar-refractivity contribution in [3.05, 3.63) is 35.4 Å². The first kappa shape index (κ1) is 17.7. The number of benzene rings is 1. The molecule has 1 heterocycles. The number of carbonyl (C=O) groups excluding carboxylic acids is 1. The van der Waals surface area contributed by atoms with E-state index in [1.807, 2.05) is 0 Å². The number of amides is 1. The van der Waals surface area contributed by atoms with Gasteiger partial charge in [0.25, 0.3) is 5.91 Å². The minimum atomic E-state index is -4.60. The fourth-order valence-corrected chi connectivity index (χ4v) is 2.78. The van der Waals surface area contributed by atoms with Gasteiger partial charge in [-0.25, -0.2) is 0 Å². The Labute approximate surface area is 132 Å². The lowest BCUT2D eigenvalue weighted by atomic mass is 9.90. The largest absolute Gasteiger partial charge is 0.414 e. The van der Waals surface area contributed by atoms with Gasteiger partial charge in [0.15, 0.2) is 6.10 Å². The average molecular weight is 331 g/mol. The average Bonchev–Trinajstić information content (AvgIpc) is 2.54.